The SMILES string of the molecule is Cn1c2c(c3ccccc31)CCC(=O)C2. The van der Waals surface area contributed by atoms with Gasteiger partial charge in [0.15, 0.2) is 0 Å². The summed E-state index contributed by atoms with van der Waals surface area (Å²) in [6.07, 6.45) is 2.23. The molecule has 1 heterocycles. The number of ketones is 1. The third kappa shape index (κ3) is 1.14. The molecule has 0 spiro atoms. The Kier molecular flexibility index (Phi) is 1.72. The number of carbonyl (C=O) groups excluding carboxylic acids is 1. The van der Waals surface area contributed by atoms with Crippen LogP contribution in [0.4, 0.5) is 0 Å². The Labute approximate surface area is 88.5 Å². The van der Waals surface area contributed by atoms with Crippen LogP contribution in [0, 0.1) is 0 Å². The van der Waals surface area contributed by atoms with E-state index in [0.717, 1.165) is 6.42 Å². The molecule has 0 bridgehead atoms. The molecular formula is C13H13NO. The molecule has 0 N–H and O–H groups in total. The Bertz CT molecular complexity index is 551. The lowest BCUT2D eigenvalue weighted by molar-refractivity contribution is -0.118. The lowest BCUT2D eigenvalue weighted by Gasteiger charge is -2.12. The highest BCUT2D eigenvalue weighted by atomic mass is 16.1. The average Bonchev–Trinajstić information content (AvgIpc) is 2.54. The summed E-state index contributed by atoms with van der Waals surface area (Å²) in [6, 6.07) is 8.40. The molecule has 0 fully saturated rings. The lowest BCUT2D eigenvalue weighted by atomic mass is 9.95. The van der Waals surface area contributed by atoms with E-state index < -0.39 is 0 Å². The highest BCUT2D eigenvalue weighted by Crippen LogP contribution is 2.29. The zero-order valence-corrected chi connectivity index (χ0v) is 8.79. The Hall–Kier alpha value is -1.57. The van der Waals surface area contributed by atoms with Gasteiger partial charge in [0.05, 0.1) is 0 Å². The standard InChI is InChI=1S/C13H13NO/c1-14-12-5-3-2-4-10(12)11-7-6-9(15)8-13(11)14/h2-5H,6-8H2,1H3. The molecular weight excluding hydrogens is 186 g/mol. The number of para-hydroxylation sites is 1. The van der Waals surface area contributed by atoms with Crippen LogP contribution in [0.3, 0.4) is 0 Å². The molecule has 76 valence electrons. The number of aromatic nitrogens is 1. The van der Waals surface area contributed by atoms with E-state index >= 15 is 0 Å². The van der Waals surface area contributed by atoms with Gasteiger partial charge in [-0.1, -0.05) is 18.2 Å². The second-order valence-electron chi connectivity index (χ2n) is 4.22. The van der Waals surface area contributed by atoms with Gasteiger partial charge in [-0.15, -0.1) is 0 Å². The summed E-state index contributed by atoms with van der Waals surface area (Å²) in [5.74, 6) is 0.369. The molecule has 1 aromatic carbocycles. The maximum absolute atomic E-state index is 11.4. The first-order chi connectivity index (χ1) is 7.27. The van der Waals surface area contributed by atoms with Gasteiger partial charge in [0.25, 0.3) is 0 Å². The number of hydrogen-bond acceptors (Lipinski definition) is 1. The van der Waals surface area contributed by atoms with Crippen molar-refractivity contribution < 1.29 is 4.79 Å². The largest absolute Gasteiger partial charge is 0.347 e. The Morgan fingerprint density at radius 1 is 1.20 bits per heavy atom. The fourth-order valence-electron chi connectivity index (χ4n) is 2.57. The summed E-state index contributed by atoms with van der Waals surface area (Å²) in [4.78, 5) is 11.4. The Morgan fingerprint density at radius 2 is 2.00 bits per heavy atom. The summed E-state index contributed by atoms with van der Waals surface area (Å²) in [5.41, 5.74) is 3.84. The van der Waals surface area contributed by atoms with Crippen molar-refractivity contribution >= 4 is 16.7 Å². The molecule has 0 saturated carbocycles. The molecule has 2 aromatic rings. The first kappa shape index (κ1) is 8.72. The predicted molar refractivity (Wildman–Crippen MR) is 60.0 cm³/mol. The van der Waals surface area contributed by atoms with E-state index in [1.54, 1.807) is 0 Å². The maximum atomic E-state index is 11.4. The second-order valence-corrected chi connectivity index (χ2v) is 4.22. The number of benzene rings is 1. The molecule has 0 unspecified atom stereocenters. The molecule has 0 saturated heterocycles. The summed E-state index contributed by atoms with van der Waals surface area (Å²) >= 11 is 0. The van der Waals surface area contributed by atoms with Gasteiger partial charge in [0.2, 0.25) is 0 Å². The van der Waals surface area contributed by atoms with Crippen LogP contribution in [0.25, 0.3) is 10.9 Å². The predicted octanol–water partition coefficient (Wildman–Crippen LogP) is 2.24. The minimum absolute atomic E-state index is 0.369. The number of hydrogen-bond donors (Lipinski definition) is 0. The van der Waals surface area contributed by atoms with Gasteiger partial charge in [-0.3, -0.25) is 4.79 Å². The van der Waals surface area contributed by atoms with Crippen LogP contribution >= 0.6 is 0 Å². The fourth-order valence-corrected chi connectivity index (χ4v) is 2.57. The molecule has 3 rings (SSSR count). The quantitative estimate of drug-likeness (QED) is 0.637. The summed E-state index contributed by atoms with van der Waals surface area (Å²) in [5, 5.41) is 1.32. The van der Waals surface area contributed by atoms with Crippen LogP contribution in [0.15, 0.2) is 24.3 Å². The molecule has 2 nitrogen and oxygen atoms in total. The van der Waals surface area contributed by atoms with Crippen molar-refractivity contribution in [2.75, 3.05) is 0 Å². The second kappa shape index (κ2) is 2.96. The van der Waals surface area contributed by atoms with E-state index in [9.17, 15) is 4.79 Å². The summed E-state index contributed by atoms with van der Waals surface area (Å²) in [7, 11) is 2.06. The van der Waals surface area contributed by atoms with Crippen molar-refractivity contribution in [3.8, 4) is 0 Å². The number of fused-ring (bicyclic) bond motifs is 3. The highest BCUT2D eigenvalue weighted by molar-refractivity contribution is 5.91. The molecule has 0 aliphatic heterocycles. The first-order valence-electron chi connectivity index (χ1n) is 5.34. The smallest absolute Gasteiger partial charge is 0.139 e. The third-order valence-corrected chi connectivity index (χ3v) is 3.36. The number of nitrogens with zero attached hydrogens (tertiary/aromatic N) is 1. The van der Waals surface area contributed by atoms with Gasteiger partial charge in [-0.2, -0.15) is 0 Å². The molecule has 1 aromatic heterocycles. The fraction of sp³-hybridized carbons (Fsp3) is 0.308. The van der Waals surface area contributed by atoms with Crippen LogP contribution in [0.2, 0.25) is 0 Å². The van der Waals surface area contributed by atoms with Gasteiger partial charge in [0.1, 0.15) is 5.78 Å². The van der Waals surface area contributed by atoms with E-state index in [4.69, 9.17) is 0 Å². The highest BCUT2D eigenvalue weighted by Gasteiger charge is 2.21. The van der Waals surface area contributed by atoms with Gasteiger partial charge in [0, 0.05) is 36.5 Å². The van der Waals surface area contributed by atoms with E-state index in [0.29, 0.717) is 18.6 Å². The van der Waals surface area contributed by atoms with Crippen molar-refractivity contribution in [2.24, 2.45) is 7.05 Å². The van der Waals surface area contributed by atoms with Crippen molar-refractivity contribution in [1.29, 1.82) is 0 Å². The van der Waals surface area contributed by atoms with Crippen molar-refractivity contribution in [3.63, 3.8) is 0 Å². The number of carbonyl (C=O) groups is 1. The maximum Gasteiger partial charge on any atom is 0.139 e. The zero-order chi connectivity index (χ0) is 10.4. The zero-order valence-electron chi connectivity index (χ0n) is 8.79. The monoisotopic (exact) mass is 199 g/mol. The van der Waals surface area contributed by atoms with Crippen LogP contribution in [0.5, 0.6) is 0 Å². The first-order valence-corrected chi connectivity index (χ1v) is 5.34. The van der Waals surface area contributed by atoms with Gasteiger partial charge in [-0.25, -0.2) is 0 Å². The molecule has 0 amide bonds. The van der Waals surface area contributed by atoms with E-state index in [1.165, 1.54) is 22.2 Å². The lowest BCUT2D eigenvalue weighted by Crippen LogP contribution is -2.14. The Balaban J connectivity index is 2.36. The van der Waals surface area contributed by atoms with Crippen molar-refractivity contribution in [3.05, 3.63) is 35.5 Å². The normalized spacial score (nSPS) is 15.7. The molecule has 2 heteroatoms. The van der Waals surface area contributed by atoms with Crippen molar-refractivity contribution in [2.45, 2.75) is 19.3 Å². The van der Waals surface area contributed by atoms with E-state index in [2.05, 4.69) is 35.9 Å². The number of aryl methyl sites for hydroxylation is 2. The van der Waals surface area contributed by atoms with Gasteiger partial charge in [-0.05, 0) is 18.1 Å². The van der Waals surface area contributed by atoms with Crippen LogP contribution in [-0.2, 0) is 24.7 Å². The van der Waals surface area contributed by atoms with E-state index in [-0.39, 0.29) is 0 Å². The van der Waals surface area contributed by atoms with E-state index in [1.807, 2.05) is 0 Å². The van der Waals surface area contributed by atoms with Gasteiger partial charge < -0.3 is 4.57 Å². The molecule has 15 heavy (non-hydrogen) atoms. The minimum Gasteiger partial charge on any atom is -0.347 e. The van der Waals surface area contributed by atoms with Crippen molar-refractivity contribution in [1.82, 2.24) is 4.57 Å². The molecule has 0 atom stereocenters. The van der Waals surface area contributed by atoms with Crippen LogP contribution < -0.4 is 0 Å². The average molecular weight is 199 g/mol. The van der Waals surface area contributed by atoms with Gasteiger partial charge >= 0.3 is 0 Å². The number of Topliss-reactive ketones (excluding diaryl/α,β-unsaturated/α-hetero) is 1. The molecule has 1 aliphatic rings. The third-order valence-electron chi connectivity index (χ3n) is 3.36. The molecule has 0 radical (unpaired) electrons. The summed E-state index contributed by atoms with van der Waals surface area (Å²) < 4.78 is 2.17. The topological polar surface area (TPSA) is 22.0 Å². The van der Waals surface area contributed by atoms with Crippen LogP contribution in [0.1, 0.15) is 17.7 Å². The van der Waals surface area contributed by atoms with Crippen LogP contribution in [-0.4, -0.2) is 10.4 Å². The molecule has 1 aliphatic carbocycles. The Morgan fingerprint density at radius 3 is 2.87 bits per heavy atom. The number of rotatable bonds is 0. The summed E-state index contributed by atoms with van der Waals surface area (Å²) in [6.45, 7) is 0. The minimum atomic E-state index is 0.369.